The number of carbonyl (C=O) groups excluding carboxylic acids is 1. The fourth-order valence-electron chi connectivity index (χ4n) is 2.02. The summed E-state index contributed by atoms with van der Waals surface area (Å²) >= 11 is 0. The van der Waals surface area contributed by atoms with Gasteiger partial charge in [0, 0.05) is 13.0 Å². The number of hydrogen-bond acceptors (Lipinski definition) is 4. The van der Waals surface area contributed by atoms with E-state index in [1.165, 1.54) is 38.5 Å². The predicted molar refractivity (Wildman–Crippen MR) is 71.2 cm³/mol. The third-order valence-corrected chi connectivity index (χ3v) is 3.14. The van der Waals surface area contributed by atoms with Crippen LogP contribution in [0, 0.1) is 0 Å². The third kappa shape index (κ3) is 13.5. The van der Waals surface area contributed by atoms with Crippen molar-refractivity contribution in [3.8, 4) is 0 Å². The van der Waals surface area contributed by atoms with Crippen LogP contribution in [-0.4, -0.2) is 22.9 Å². The van der Waals surface area contributed by atoms with Crippen LogP contribution < -0.4 is 0 Å². The van der Waals surface area contributed by atoms with E-state index in [4.69, 9.17) is 10.4 Å². The van der Waals surface area contributed by atoms with E-state index in [1.807, 2.05) is 0 Å². The van der Waals surface area contributed by atoms with Gasteiger partial charge in [-0.1, -0.05) is 57.8 Å². The molecule has 18 heavy (non-hydrogen) atoms. The predicted octanol–water partition coefficient (Wildman–Crippen LogP) is 3.68. The fraction of sp³-hybridized carbons (Fsp3) is 0.929. The van der Waals surface area contributed by atoms with Crippen LogP contribution in [0.15, 0.2) is 0 Å². The SMILES string of the molecule is O=C(CCCCCCCCCCCCCO)OO. The lowest BCUT2D eigenvalue weighted by atomic mass is 10.1. The maximum atomic E-state index is 10.6. The molecule has 0 aliphatic carbocycles. The van der Waals surface area contributed by atoms with Gasteiger partial charge < -0.3 is 9.99 Å². The molecular weight excluding hydrogens is 232 g/mol. The van der Waals surface area contributed by atoms with Gasteiger partial charge in [-0.2, -0.15) is 5.26 Å². The minimum absolute atomic E-state index is 0.321. The van der Waals surface area contributed by atoms with Crippen LogP contribution >= 0.6 is 0 Å². The van der Waals surface area contributed by atoms with Crippen molar-refractivity contribution in [2.45, 2.75) is 77.0 Å². The monoisotopic (exact) mass is 260 g/mol. The average Bonchev–Trinajstić information content (AvgIpc) is 2.39. The molecule has 0 radical (unpaired) electrons. The topological polar surface area (TPSA) is 66.8 Å². The second-order valence-electron chi connectivity index (χ2n) is 4.83. The van der Waals surface area contributed by atoms with Crippen LogP contribution in [-0.2, 0) is 9.68 Å². The van der Waals surface area contributed by atoms with Crippen LogP contribution in [0.25, 0.3) is 0 Å². The molecule has 0 bridgehead atoms. The largest absolute Gasteiger partial charge is 0.396 e. The number of hydrogen-bond donors (Lipinski definition) is 2. The van der Waals surface area contributed by atoms with Crippen molar-refractivity contribution in [3.05, 3.63) is 0 Å². The Balaban J connectivity index is 2.97. The zero-order valence-electron chi connectivity index (χ0n) is 11.4. The Labute approximate surface area is 110 Å². The fourth-order valence-corrected chi connectivity index (χ4v) is 2.02. The lowest BCUT2D eigenvalue weighted by molar-refractivity contribution is -0.234. The molecule has 0 saturated carbocycles. The molecule has 0 fully saturated rings. The summed E-state index contributed by atoms with van der Waals surface area (Å²) < 4.78 is 0. The van der Waals surface area contributed by atoms with E-state index in [2.05, 4.69) is 4.89 Å². The van der Waals surface area contributed by atoms with Gasteiger partial charge in [0.25, 0.3) is 0 Å². The van der Waals surface area contributed by atoms with Gasteiger partial charge in [0.15, 0.2) is 0 Å². The maximum Gasteiger partial charge on any atom is 0.342 e. The van der Waals surface area contributed by atoms with E-state index in [-0.39, 0.29) is 0 Å². The van der Waals surface area contributed by atoms with Gasteiger partial charge in [0.2, 0.25) is 0 Å². The molecule has 0 amide bonds. The number of aliphatic hydroxyl groups excluding tert-OH is 1. The number of rotatable bonds is 13. The summed E-state index contributed by atoms with van der Waals surface area (Å²) in [7, 11) is 0. The molecule has 0 aromatic heterocycles. The lowest BCUT2D eigenvalue weighted by Gasteiger charge is -2.02. The highest BCUT2D eigenvalue weighted by molar-refractivity contribution is 5.68. The maximum absolute atomic E-state index is 10.6. The van der Waals surface area contributed by atoms with Crippen LogP contribution in [0.5, 0.6) is 0 Å². The molecule has 0 aliphatic rings. The van der Waals surface area contributed by atoms with Crippen molar-refractivity contribution in [1.82, 2.24) is 0 Å². The first kappa shape index (κ1) is 17.4. The van der Waals surface area contributed by atoms with Crippen molar-refractivity contribution >= 4 is 5.97 Å². The number of carbonyl (C=O) groups is 1. The van der Waals surface area contributed by atoms with Crippen molar-refractivity contribution in [1.29, 1.82) is 0 Å². The normalized spacial score (nSPS) is 10.6. The quantitative estimate of drug-likeness (QED) is 0.301. The van der Waals surface area contributed by atoms with Crippen LogP contribution in [0.3, 0.4) is 0 Å². The van der Waals surface area contributed by atoms with E-state index in [0.717, 1.165) is 32.1 Å². The van der Waals surface area contributed by atoms with E-state index >= 15 is 0 Å². The Hall–Kier alpha value is -0.610. The Morgan fingerprint density at radius 3 is 1.50 bits per heavy atom. The summed E-state index contributed by atoms with van der Waals surface area (Å²) in [4.78, 5) is 14.2. The van der Waals surface area contributed by atoms with E-state index in [9.17, 15) is 4.79 Å². The summed E-state index contributed by atoms with van der Waals surface area (Å²) in [6.45, 7) is 0.323. The second-order valence-corrected chi connectivity index (χ2v) is 4.83. The minimum Gasteiger partial charge on any atom is -0.396 e. The average molecular weight is 260 g/mol. The second kappa shape index (κ2) is 14.5. The van der Waals surface area contributed by atoms with Crippen molar-refractivity contribution in [2.75, 3.05) is 6.61 Å². The Morgan fingerprint density at radius 1 is 0.722 bits per heavy atom. The molecule has 2 N–H and O–H groups in total. The first-order chi connectivity index (χ1) is 8.81. The summed E-state index contributed by atoms with van der Waals surface area (Å²) in [5, 5.41) is 16.7. The highest BCUT2D eigenvalue weighted by Crippen LogP contribution is 2.11. The molecular formula is C14H28O4. The molecule has 0 rings (SSSR count). The molecule has 0 atom stereocenters. The van der Waals surface area contributed by atoms with Gasteiger partial charge in [-0.05, 0) is 12.8 Å². The third-order valence-electron chi connectivity index (χ3n) is 3.14. The van der Waals surface area contributed by atoms with Gasteiger partial charge in [-0.25, -0.2) is 4.79 Å². The molecule has 0 aromatic rings. The first-order valence-electron chi connectivity index (χ1n) is 7.26. The Bertz CT molecular complexity index is 183. The summed E-state index contributed by atoms with van der Waals surface area (Å²) in [6.07, 6.45) is 13.0. The summed E-state index contributed by atoms with van der Waals surface area (Å²) in [6, 6.07) is 0. The number of aliphatic hydroxyl groups is 1. The molecule has 0 heterocycles. The van der Waals surface area contributed by atoms with Gasteiger partial charge in [0.1, 0.15) is 0 Å². The molecule has 0 spiro atoms. The van der Waals surface area contributed by atoms with E-state index in [1.54, 1.807) is 0 Å². The van der Waals surface area contributed by atoms with Gasteiger partial charge in [-0.15, -0.1) is 0 Å². The van der Waals surface area contributed by atoms with Gasteiger partial charge in [0.05, 0.1) is 0 Å². The molecule has 0 aromatic carbocycles. The Kier molecular flexibility index (Phi) is 14.0. The van der Waals surface area contributed by atoms with Crippen LogP contribution in [0.1, 0.15) is 77.0 Å². The summed E-state index contributed by atoms with van der Waals surface area (Å²) in [5.74, 6) is -0.530. The van der Waals surface area contributed by atoms with Crippen LogP contribution in [0.4, 0.5) is 0 Å². The minimum atomic E-state index is -0.530. The van der Waals surface area contributed by atoms with Crippen molar-refractivity contribution in [3.63, 3.8) is 0 Å². The smallest absolute Gasteiger partial charge is 0.342 e. The molecule has 0 aliphatic heterocycles. The molecule has 108 valence electrons. The molecule has 4 heteroatoms. The summed E-state index contributed by atoms with van der Waals surface area (Å²) in [5.41, 5.74) is 0. The number of unbranched alkanes of at least 4 members (excludes halogenated alkanes) is 10. The van der Waals surface area contributed by atoms with Crippen molar-refractivity contribution in [2.24, 2.45) is 0 Å². The van der Waals surface area contributed by atoms with E-state index in [0.29, 0.717) is 13.0 Å². The van der Waals surface area contributed by atoms with Gasteiger partial charge >= 0.3 is 5.97 Å². The van der Waals surface area contributed by atoms with E-state index < -0.39 is 5.97 Å². The highest BCUT2D eigenvalue weighted by Gasteiger charge is 2.00. The molecule has 0 saturated heterocycles. The van der Waals surface area contributed by atoms with Crippen molar-refractivity contribution < 1.29 is 20.0 Å². The standard InChI is InChI=1S/C14H28O4/c15-13-11-9-7-5-3-1-2-4-6-8-10-12-14(16)18-17/h15,17H,1-13H2. The zero-order valence-corrected chi connectivity index (χ0v) is 11.4. The molecule has 4 nitrogen and oxygen atoms in total. The van der Waals surface area contributed by atoms with Crippen LogP contribution in [0.2, 0.25) is 0 Å². The Morgan fingerprint density at radius 2 is 1.11 bits per heavy atom. The zero-order chi connectivity index (χ0) is 13.5. The highest BCUT2D eigenvalue weighted by atomic mass is 17.1. The molecule has 0 unspecified atom stereocenters. The lowest BCUT2D eigenvalue weighted by Crippen LogP contribution is -1.99. The van der Waals surface area contributed by atoms with Gasteiger partial charge in [-0.3, -0.25) is 0 Å². The first-order valence-corrected chi connectivity index (χ1v) is 7.26.